The molecule has 0 atom stereocenters. The summed E-state index contributed by atoms with van der Waals surface area (Å²) in [6.45, 7) is 0. The zero-order chi connectivity index (χ0) is 40.3. The predicted octanol–water partition coefficient (Wildman–Crippen LogP) is 16.8. The zero-order valence-electron chi connectivity index (χ0n) is 33.1. The lowest BCUT2D eigenvalue weighted by molar-refractivity contribution is 0.668. The molecule has 61 heavy (non-hydrogen) atoms. The molecule has 0 unspecified atom stereocenters. The van der Waals surface area contributed by atoms with Gasteiger partial charge >= 0.3 is 0 Å². The molecule has 3 heteroatoms. The maximum absolute atomic E-state index is 6.29. The highest BCUT2D eigenvalue weighted by molar-refractivity contribution is 6.19. The van der Waals surface area contributed by atoms with Crippen molar-refractivity contribution >= 4 is 71.7 Å². The average Bonchev–Trinajstić information content (AvgIpc) is 3.92. The van der Waals surface area contributed by atoms with Gasteiger partial charge in [-0.25, -0.2) is 0 Å². The van der Waals surface area contributed by atoms with E-state index in [1.165, 1.54) is 33.0 Å². The Labute approximate surface area is 353 Å². The van der Waals surface area contributed by atoms with E-state index in [-0.39, 0.29) is 0 Å². The molecule has 0 saturated carbocycles. The largest absolute Gasteiger partial charge is 0.456 e. The molecule has 0 radical (unpaired) electrons. The summed E-state index contributed by atoms with van der Waals surface area (Å²) in [4.78, 5) is 2.36. The van der Waals surface area contributed by atoms with Gasteiger partial charge in [-0.05, 0) is 122 Å². The van der Waals surface area contributed by atoms with Crippen LogP contribution < -0.4 is 4.90 Å². The Hall–Kier alpha value is -8.14. The van der Waals surface area contributed by atoms with Gasteiger partial charge in [-0.15, -0.1) is 0 Å². The third kappa shape index (κ3) is 5.98. The van der Waals surface area contributed by atoms with Crippen molar-refractivity contribution in [1.29, 1.82) is 0 Å². The van der Waals surface area contributed by atoms with E-state index in [4.69, 9.17) is 8.83 Å². The Morgan fingerprint density at radius 2 is 0.754 bits per heavy atom. The van der Waals surface area contributed by atoms with Crippen LogP contribution in [0.1, 0.15) is 0 Å². The van der Waals surface area contributed by atoms with Gasteiger partial charge in [0.2, 0.25) is 0 Å². The van der Waals surface area contributed by atoms with Gasteiger partial charge in [0.05, 0.1) is 0 Å². The molecule has 0 aliphatic heterocycles. The molecule has 0 bridgehead atoms. The van der Waals surface area contributed by atoms with Gasteiger partial charge in [0.1, 0.15) is 22.3 Å². The van der Waals surface area contributed by atoms with Crippen molar-refractivity contribution in [2.75, 3.05) is 4.90 Å². The van der Waals surface area contributed by atoms with Crippen LogP contribution in [-0.2, 0) is 0 Å². The standard InChI is InChI=1S/C58H37NO2/c1-2-12-38(13-3-1)39-26-31-44(32-27-39)59(45-33-28-40(29-34-45)49-20-11-23-55-57(49)50-18-6-8-21-53(50)60-55)46-15-10-14-42(36-46)47-16-4-5-17-48(47)43-25-24-41-30-35-56-58(52(41)37-43)51-19-7-9-22-54(51)61-56/h1-37H. The molecule has 3 nitrogen and oxygen atoms in total. The molecule has 2 heterocycles. The second-order valence-electron chi connectivity index (χ2n) is 15.6. The van der Waals surface area contributed by atoms with E-state index in [0.29, 0.717) is 0 Å². The summed E-state index contributed by atoms with van der Waals surface area (Å²) in [5, 5.41) is 6.94. The molecule has 0 spiro atoms. The van der Waals surface area contributed by atoms with Gasteiger partial charge in [0.25, 0.3) is 0 Å². The van der Waals surface area contributed by atoms with Gasteiger partial charge in [-0.3, -0.25) is 0 Å². The quantitative estimate of drug-likeness (QED) is 0.161. The fourth-order valence-electron chi connectivity index (χ4n) is 9.20. The van der Waals surface area contributed by atoms with Crippen LogP contribution in [0, 0.1) is 0 Å². The normalized spacial score (nSPS) is 11.6. The summed E-state index contributed by atoms with van der Waals surface area (Å²) in [6.07, 6.45) is 0. The molecule has 0 N–H and O–H groups in total. The van der Waals surface area contributed by atoms with Crippen molar-refractivity contribution in [2.24, 2.45) is 0 Å². The molecule has 12 rings (SSSR count). The number of hydrogen-bond acceptors (Lipinski definition) is 3. The van der Waals surface area contributed by atoms with Gasteiger partial charge in [0, 0.05) is 38.6 Å². The Bertz CT molecular complexity index is 3580. The first-order chi connectivity index (χ1) is 30.2. The molecule has 0 aliphatic carbocycles. The van der Waals surface area contributed by atoms with Crippen molar-refractivity contribution < 1.29 is 8.83 Å². The summed E-state index contributed by atoms with van der Waals surface area (Å²) in [7, 11) is 0. The highest BCUT2D eigenvalue weighted by Crippen LogP contribution is 2.43. The number of anilines is 3. The minimum atomic E-state index is 0.895. The van der Waals surface area contributed by atoms with Gasteiger partial charge in [0.15, 0.2) is 0 Å². The first-order valence-electron chi connectivity index (χ1n) is 20.7. The Morgan fingerprint density at radius 3 is 1.48 bits per heavy atom. The number of para-hydroxylation sites is 2. The first kappa shape index (κ1) is 34.9. The minimum Gasteiger partial charge on any atom is -0.456 e. The lowest BCUT2D eigenvalue weighted by atomic mass is 9.92. The highest BCUT2D eigenvalue weighted by Gasteiger charge is 2.18. The predicted molar refractivity (Wildman–Crippen MR) is 255 cm³/mol. The fraction of sp³-hybridized carbons (Fsp3) is 0. The maximum atomic E-state index is 6.29. The number of nitrogens with zero attached hydrogens (tertiary/aromatic N) is 1. The number of hydrogen-bond donors (Lipinski definition) is 0. The van der Waals surface area contributed by atoms with Crippen LogP contribution in [0.15, 0.2) is 233 Å². The van der Waals surface area contributed by atoms with E-state index in [1.807, 2.05) is 24.3 Å². The molecule has 0 fully saturated rings. The van der Waals surface area contributed by atoms with Crippen LogP contribution in [0.3, 0.4) is 0 Å². The molecular formula is C58H37NO2. The summed E-state index contributed by atoms with van der Waals surface area (Å²) in [6, 6.07) is 80.0. The Kier molecular flexibility index (Phi) is 8.17. The van der Waals surface area contributed by atoms with E-state index in [9.17, 15) is 0 Å². The molecular weight excluding hydrogens is 743 g/mol. The monoisotopic (exact) mass is 779 g/mol. The number of furan rings is 2. The van der Waals surface area contributed by atoms with Crippen molar-refractivity contribution in [3.63, 3.8) is 0 Å². The molecule has 12 aromatic rings. The topological polar surface area (TPSA) is 29.5 Å². The van der Waals surface area contributed by atoms with E-state index < -0.39 is 0 Å². The fourth-order valence-corrected chi connectivity index (χ4v) is 9.20. The average molecular weight is 780 g/mol. The molecule has 2 aromatic heterocycles. The molecule has 0 amide bonds. The number of fused-ring (bicyclic) bond motifs is 8. The summed E-state index contributed by atoms with van der Waals surface area (Å²) >= 11 is 0. The zero-order valence-corrected chi connectivity index (χ0v) is 33.1. The van der Waals surface area contributed by atoms with Crippen LogP contribution in [-0.4, -0.2) is 0 Å². The second kappa shape index (κ2) is 14.3. The summed E-state index contributed by atoms with van der Waals surface area (Å²) in [5.74, 6) is 0. The van der Waals surface area contributed by atoms with Crippen LogP contribution in [0.5, 0.6) is 0 Å². The van der Waals surface area contributed by atoms with Crippen molar-refractivity contribution in [3.05, 3.63) is 224 Å². The smallest absolute Gasteiger partial charge is 0.136 e. The van der Waals surface area contributed by atoms with Crippen LogP contribution in [0.4, 0.5) is 17.1 Å². The van der Waals surface area contributed by atoms with Crippen LogP contribution >= 0.6 is 0 Å². The van der Waals surface area contributed by atoms with Gasteiger partial charge in [-0.2, -0.15) is 0 Å². The van der Waals surface area contributed by atoms with Crippen molar-refractivity contribution in [3.8, 4) is 44.5 Å². The van der Waals surface area contributed by atoms with Crippen molar-refractivity contribution in [1.82, 2.24) is 0 Å². The first-order valence-corrected chi connectivity index (χ1v) is 20.7. The molecule has 0 aliphatic rings. The Balaban J connectivity index is 0.974. The summed E-state index contributed by atoms with van der Waals surface area (Å²) in [5.41, 5.74) is 16.1. The van der Waals surface area contributed by atoms with Crippen LogP contribution in [0.2, 0.25) is 0 Å². The van der Waals surface area contributed by atoms with Crippen molar-refractivity contribution in [2.45, 2.75) is 0 Å². The van der Waals surface area contributed by atoms with E-state index >= 15 is 0 Å². The minimum absolute atomic E-state index is 0.895. The maximum Gasteiger partial charge on any atom is 0.136 e. The molecule has 10 aromatic carbocycles. The SMILES string of the molecule is c1ccc(-c2ccc(N(c3ccc(-c4cccc5oc6ccccc6c45)cc3)c3cccc(-c4ccccc4-c4ccc5ccc6oc7ccccc7c6c5c4)c3)cc2)cc1. The molecule has 0 saturated heterocycles. The van der Waals surface area contributed by atoms with E-state index in [1.54, 1.807) is 0 Å². The lowest BCUT2D eigenvalue weighted by Gasteiger charge is -2.26. The lowest BCUT2D eigenvalue weighted by Crippen LogP contribution is -2.10. The Morgan fingerprint density at radius 1 is 0.262 bits per heavy atom. The molecule has 286 valence electrons. The second-order valence-corrected chi connectivity index (χ2v) is 15.6. The van der Waals surface area contributed by atoms with Crippen LogP contribution in [0.25, 0.3) is 99.2 Å². The van der Waals surface area contributed by atoms with E-state index in [0.717, 1.165) is 83.2 Å². The number of benzene rings is 10. The van der Waals surface area contributed by atoms with E-state index in [2.05, 4.69) is 205 Å². The van der Waals surface area contributed by atoms with Gasteiger partial charge < -0.3 is 13.7 Å². The number of rotatable bonds is 7. The third-order valence-electron chi connectivity index (χ3n) is 12.1. The van der Waals surface area contributed by atoms with Gasteiger partial charge in [-0.1, -0.05) is 158 Å². The third-order valence-corrected chi connectivity index (χ3v) is 12.1. The summed E-state index contributed by atoms with van der Waals surface area (Å²) < 4.78 is 12.5. The highest BCUT2D eigenvalue weighted by atomic mass is 16.3.